The molecule has 0 aliphatic carbocycles. The van der Waals surface area contributed by atoms with Gasteiger partial charge in [0.25, 0.3) is 0 Å². The van der Waals surface area contributed by atoms with Crippen LogP contribution >= 0.6 is 0 Å². The Morgan fingerprint density at radius 1 is 0.900 bits per heavy atom. The smallest absolute Gasteiger partial charge is 0.0465 e. The highest BCUT2D eigenvalue weighted by Gasteiger charge is 2.11. The minimum atomic E-state index is 0.237. The molecule has 0 amide bonds. The highest BCUT2D eigenvalue weighted by molar-refractivity contribution is 5.30. The Morgan fingerprint density at radius 3 is 2.15 bits per heavy atom. The summed E-state index contributed by atoms with van der Waals surface area (Å²) in [7, 11) is 0. The molecule has 0 aliphatic heterocycles. The van der Waals surface area contributed by atoms with E-state index < -0.39 is 0 Å². The summed E-state index contributed by atoms with van der Waals surface area (Å²) in [5, 5.41) is 9.68. The van der Waals surface area contributed by atoms with Crippen molar-refractivity contribution in [3.63, 3.8) is 0 Å². The van der Waals surface area contributed by atoms with E-state index in [4.69, 9.17) is 0 Å². The van der Waals surface area contributed by atoms with Crippen LogP contribution in [0, 0.1) is 26.7 Å². The molecule has 2 aromatic rings. The molecule has 1 nitrogen and oxygen atoms in total. The first kappa shape index (κ1) is 14.8. The number of hydrogen-bond donors (Lipinski definition) is 1. The van der Waals surface area contributed by atoms with E-state index in [1.54, 1.807) is 0 Å². The molecule has 0 radical (unpaired) electrons. The van der Waals surface area contributed by atoms with Crippen LogP contribution < -0.4 is 0 Å². The summed E-state index contributed by atoms with van der Waals surface area (Å²) in [5.41, 5.74) is 6.58. The Hall–Kier alpha value is -1.60. The first-order valence-electron chi connectivity index (χ1n) is 7.31. The van der Waals surface area contributed by atoms with E-state index in [-0.39, 0.29) is 12.5 Å². The highest BCUT2D eigenvalue weighted by Crippen LogP contribution is 2.19. The summed E-state index contributed by atoms with van der Waals surface area (Å²) in [4.78, 5) is 0. The van der Waals surface area contributed by atoms with Gasteiger partial charge in [0.05, 0.1) is 0 Å². The Bertz CT molecular complexity index is 551. The molecule has 0 aliphatic rings. The first-order chi connectivity index (χ1) is 9.58. The fraction of sp³-hybridized carbons (Fsp3) is 0.368. The van der Waals surface area contributed by atoms with Crippen LogP contribution in [0.4, 0.5) is 0 Å². The van der Waals surface area contributed by atoms with E-state index in [0.717, 1.165) is 12.8 Å². The molecule has 2 aromatic carbocycles. The van der Waals surface area contributed by atoms with Crippen molar-refractivity contribution in [1.82, 2.24) is 0 Å². The van der Waals surface area contributed by atoms with Crippen molar-refractivity contribution in [3.8, 4) is 0 Å². The fourth-order valence-electron chi connectivity index (χ4n) is 2.87. The molecule has 0 fully saturated rings. The van der Waals surface area contributed by atoms with Gasteiger partial charge in [-0.3, -0.25) is 0 Å². The van der Waals surface area contributed by atoms with Crippen LogP contribution in [0.1, 0.15) is 27.8 Å². The SMILES string of the molecule is Cc1cc(C)cc(CC(CO)Cc2ccccc2C)c1. The van der Waals surface area contributed by atoms with Crippen LogP contribution in [0.3, 0.4) is 0 Å². The largest absolute Gasteiger partial charge is 0.396 e. The summed E-state index contributed by atoms with van der Waals surface area (Å²) < 4.78 is 0. The van der Waals surface area contributed by atoms with Crippen LogP contribution in [-0.2, 0) is 12.8 Å². The lowest BCUT2D eigenvalue weighted by atomic mass is 9.90. The van der Waals surface area contributed by atoms with Gasteiger partial charge in [0.2, 0.25) is 0 Å². The zero-order valence-corrected chi connectivity index (χ0v) is 12.7. The molecule has 1 atom stereocenters. The third-order valence-electron chi connectivity index (χ3n) is 3.83. The predicted molar refractivity (Wildman–Crippen MR) is 85.1 cm³/mol. The molecule has 20 heavy (non-hydrogen) atoms. The Balaban J connectivity index is 2.11. The van der Waals surface area contributed by atoms with Crippen molar-refractivity contribution in [1.29, 1.82) is 0 Å². The molecule has 0 spiro atoms. The Morgan fingerprint density at radius 2 is 1.55 bits per heavy atom. The predicted octanol–water partition coefficient (Wildman–Crippen LogP) is 4.01. The van der Waals surface area contributed by atoms with Crippen LogP contribution in [0.2, 0.25) is 0 Å². The highest BCUT2D eigenvalue weighted by atomic mass is 16.3. The van der Waals surface area contributed by atoms with Gasteiger partial charge in [-0.2, -0.15) is 0 Å². The van der Waals surface area contributed by atoms with Crippen molar-refractivity contribution in [3.05, 3.63) is 70.3 Å². The van der Waals surface area contributed by atoms with E-state index in [1.165, 1.54) is 27.8 Å². The number of rotatable bonds is 5. The van der Waals surface area contributed by atoms with Gasteiger partial charge in [-0.1, -0.05) is 53.6 Å². The molecular weight excluding hydrogens is 244 g/mol. The molecular formula is C19H24O. The number of aryl methyl sites for hydroxylation is 3. The van der Waals surface area contributed by atoms with Crippen LogP contribution in [0.25, 0.3) is 0 Å². The first-order valence-corrected chi connectivity index (χ1v) is 7.31. The average Bonchev–Trinajstić information content (AvgIpc) is 2.39. The van der Waals surface area contributed by atoms with Gasteiger partial charge in [-0.25, -0.2) is 0 Å². The second-order valence-corrected chi connectivity index (χ2v) is 5.88. The fourth-order valence-corrected chi connectivity index (χ4v) is 2.87. The van der Waals surface area contributed by atoms with Gasteiger partial charge in [-0.15, -0.1) is 0 Å². The maximum atomic E-state index is 9.68. The summed E-state index contributed by atoms with van der Waals surface area (Å²) in [6.45, 7) is 6.64. The zero-order valence-electron chi connectivity index (χ0n) is 12.7. The molecule has 0 saturated carbocycles. The maximum absolute atomic E-state index is 9.68. The van der Waals surface area contributed by atoms with Gasteiger partial charge in [0.1, 0.15) is 0 Å². The normalized spacial score (nSPS) is 12.4. The number of benzene rings is 2. The van der Waals surface area contributed by atoms with Gasteiger partial charge >= 0.3 is 0 Å². The quantitative estimate of drug-likeness (QED) is 0.869. The zero-order chi connectivity index (χ0) is 14.5. The van der Waals surface area contributed by atoms with Crippen molar-refractivity contribution in [2.24, 2.45) is 5.92 Å². The maximum Gasteiger partial charge on any atom is 0.0465 e. The second-order valence-electron chi connectivity index (χ2n) is 5.88. The number of aliphatic hydroxyl groups is 1. The lowest BCUT2D eigenvalue weighted by Gasteiger charge is -2.16. The minimum Gasteiger partial charge on any atom is -0.396 e. The van der Waals surface area contributed by atoms with E-state index >= 15 is 0 Å². The molecule has 0 bridgehead atoms. The lowest BCUT2D eigenvalue weighted by Crippen LogP contribution is -2.13. The molecule has 2 rings (SSSR count). The van der Waals surface area contributed by atoms with Gasteiger partial charge < -0.3 is 5.11 Å². The van der Waals surface area contributed by atoms with E-state index in [0.29, 0.717) is 0 Å². The van der Waals surface area contributed by atoms with Crippen LogP contribution in [0.15, 0.2) is 42.5 Å². The third-order valence-corrected chi connectivity index (χ3v) is 3.83. The van der Waals surface area contributed by atoms with Gasteiger partial charge in [-0.05, 0) is 56.2 Å². The van der Waals surface area contributed by atoms with Crippen molar-refractivity contribution in [2.75, 3.05) is 6.61 Å². The third kappa shape index (κ3) is 3.94. The minimum absolute atomic E-state index is 0.237. The topological polar surface area (TPSA) is 20.2 Å². The summed E-state index contributed by atoms with van der Waals surface area (Å²) in [6, 6.07) is 15.1. The van der Waals surface area contributed by atoms with E-state index in [1.807, 2.05) is 0 Å². The number of hydrogen-bond acceptors (Lipinski definition) is 1. The van der Waals surface area contributed by atoms with Gasteiger partial charge in [0, 0.05) is 6.61 Å². The second kappa shape index (κ2) is 6.71. The molecule has 1 heteroatoms. The van der Waals surface area contributed by atoms with Gasteiger partial charge in [0.15, 0.2) is 0 Å². The van der Waals surface area contributed by atoms with Crippen LogP contribution in [-0.4, -0.2) is 11.7 Å². The molecule has 1 unspecified atom stereocenters. The van der Waals surface area contributed by atoms with Crippen LogP contribution in [0.5, 0.6) is 0 Å². The average molecular weight is 268 g/mol. The molecule has 0 saturated heterocycles. The molecule has 0 aromatic heterocycles. The van der Waals surface area contributed by atoms with Crippen molar-refractivity contribution >= 4 is 0 Å². The molecule has 106 valence electrons. The van der Waals surface area contributed by atoms with Crippen molar-refractivity contribution in [2.45, 2.75) is 33.6 Å². The molecule has 0 heterocycles. The van der Waals surface area contributed by atoms with E-state index in [2.05, 4.69) is 63.2 Å². The standard InChI is InChI=1S/C19H24O/c1-14-8-15(2)10-17(9-14)11-18(13-20)12-19-7-5-4-6-16(19)3/h4-10,18,20H,11-13H2,1-3H3. The lowest BCUT2D eigenvalue weighted by molar-refractivity contribution is 0.225. The summed E-state index contributed by atoms with van der Waals surface area (Å²) in [6.07, 6.45) is 1.88. The van der Waals surface area contributed by atoms with Crippen molar-refractivity contribution < 1.29 is 5.11 Å². The monoisotopic (exact) mass is 268 g/mol. The molecule has 1 N–H and O–H groups in total. The summed E-state index contributed by atoms with van der Waals surface area (Å²) >= 11 is 0. The Labute approximate surface area is 122 Å². The Kier molecular flexibility index (Phi) is 4.97. The summed E-state index contributed by atoms with van der Waals surface area (Å²) in [5.74, 6) is 0.289. The number of aliphatic hydroxyl groups excluding tert-OH is 1. The van der Waals surface area contributed by atoms with E-state index in [9.17, 15) is 5.11 Å².